The van der Waals surface area contributed by atoms with Gasteiger partial charge in [-0.15, -0.1) is 0 Å². The Morgan fingerprint density at radius 2 is 1.90 bits per heavy atom. The fourth-order valence-corrected chi connectivity index (χ4v) is 1.65. The number of nitrogens with one attached hydrogen (secondary N) is 1. The second-order valence-electron chi connectivity index (χ2n) is 4.03. The lowest BCUT2D eigenvalue weighted by molar-refractivity contribution is -0.111. The number of benzene rings is 1. The van der Waals surface area contributed by atoms with Crippen LogP contribution in [0.4, 0.5) is 5.69 Å². The Bertz CT molecular complexity index is 666. The molecule has 0 saturated heterocycles. The molecule has 0 atom stereocenters. The Labute approximate surface area is 115 Å². The first-order chi connectivity index (χ1) is 9.59. The summed E-state index contributed by atoms with van der Waals surface area (Å²) in [5.41, 5.74) is 1.06. The molecule has 0 saturated carbocycles. The summed E-state index contributed by atoms with van der Waals surface area (Å²) in [7, 11) is 0. The van der Waals surface area contributed by atoms with E-state index in [2.05, 4.69) is 16.9 Å². The molecule has 1 amide bonds. The number of aromatic nitrogens is 1. The normalized spacial score (nSPS) is 9.80. The number of amides is 1. The first-order valence-corrected chi connectivity index (χ1v) is 5.82. The first kappa shape index (κ1) is 13.5. The molecule has 5 nitrogen and oxygen atoms in total. The summed E-state index contributed by atoms with van der Waals surface area (Å²) in [6, 6.07) is 9.59. The maximum atomic E-state index is 12.1. The molecule has 2 N–H and O–H groups in total. The van der Waals surface area contributed by atoms with Gasteiger partial charge < -0.3 is 10.4 Å². The summed E-state index contributed by atoms with van der Waals surface area (Å²) in [5.74, 6) is -1.57. The Balaban J connectivity index is 2.21. The van der Waals surface area contributed by atoms with Gasteiger partial charge in [-0.3, -0.25) is 9.78 Å². The topological polar surface area (TPSA) is 79.3 Å². The van der Waals surface area contributed by atoms with Crippen LogP contribution in [0.5, 0.6) is 0 Å². The molecule has 2 rings (SSSR count). The second-order valence-corrected chi connectivity index (χ2v) is 4.03. The van der Waals surface area contributed by atoms with Crippen molar-refractivity contribution in [3.8, 4) is 0 Å². The van der Waals surface area contributed by atoms with E-state index >= 15 is 0 Å². The third kappa shape index (κ3) is 2.89. The van der Waals surface area contributed by atoms with Crippen molar-refractivity contribution in [1.82, 2.24) is 4.98 Å². The standard InChI is InChI=1S/C15H12N2O3/c1-10(11-5-4-8-16-9-11)14(18)17-13-7-3-2-6-12(13)15(19)20/h2-9H,1H2,(H,17,18)(H,19,20). The van der Waals surface area contributed by atoms with Crippen LogP contribution in [0, 0.1) is 0 Å². The highest BCUT2D eigenvalue weighted by Gasteiger charge is 2.14. The number of pyridine rings is 1. The van der Waals surface area contributed by atoms with Crippen LogP contribution in [0.25, 0.3) is 5.57 Å². The second kappa shape index (κ2) is 5.79. The van der Waals surface area contributed by atoms with Crippen molar-refractivity contribution in [2.45, 2.75) is 0 Å². The predicted octanol–water partition coefficient (Wildman–Crippen LogP) is 2.43. The van der Waals surface area contributed by atoms with Gasteiger partial charge in [-0.1, -0.05) is 24.8 Å². The zero-order valence-electron chi connectivity index (χ0n) is 10.5. The average molecular weight is 268 g/mol. The summed E-state index contributed by atoms with van der Waals surface area (Å²) in [5, 5.41) is 11.6. The number of hydrogen-bond acceptors (Lipinski definition) is 3. The minimum atomic E-state index is -1.10. The Morgan fingerprint density at radius 1 is 1.15 bits per heavy atom. The number of para-hydroxylation sites is 1. The van der Waals surface area contributed by atoms with Gasteiger partial charge in [-0.25, -0.2) is 4.79 Å². The zero-order chi connectivity index (χ0) is 14.5. The molecule has 0 unspecified atom stereocenters. The van der Waals surface area contributed by atoms with Gasteiger partial charge in [0.15, 0.2) is 0 Å². The van der Waals surface area contributed by atoms with E-state index in [1.807, 2.05) is 0 Å². The molecule has 0 aliphatic heterocycles. The molecule has 20 heavy (non-hydrogen) atoms. The van der Waals surface area contributed by atoms with Gasteiger partial charge in [-0.2, -0.15) is 0 Å². The molecule has 2 aromatic rings. The van der Waals surface area contributed by atoms with Gasteiger partial charge in [0.05, 0.1) is 11.3 Å². The molecule has 0 aliphatic carbocycles. The van der Waals surface area contributed by atoms with E-state index < -0.39 is 11.9 Å². The van der Waals surface area contributed by atoms with E-state index in [0.717, 1.165) is 0 Å². The van der Waals surface area contributed by atoms with E-state index in [-0.39, 0.29) is 16.8 Å². The summed E-state index contributed by atoms with van der Waals surface area (Å²) in [6.07, 6.45) is 3.11. The highest BCUT2D eigenvalue weighted by atomic mass is 16.4. The van der Waals surface area contributed by atoms with Gasteiger partial charge in [0.25, 0.3) is 5.91 Å². The molecule has 1 heterocycles. The van der Waals surface area contributed by atoms with Crippen molar-refractivity contribution in [2.24, 2.45) is 0 Å². The molecule has 1 aromatic heterocycles. The number of aromatic carboxylic acids is 1. The molecule has 0 fully saturated rings. The van der Waals surface area contributed by atoms with Gasteiger partial charge >= 0.3 is 5.97 Å². The number of rotatable bonds is 4. The summed E-state index contributed by atoms with van der Waals surface area (Å²) >= 11 is 0. The number of carbonyl (C=O) groups is 2. The Hall–Kier alpha value is -2.95. The smallest absolute Gasteiger partial charge is 0.337 e. The third-order valence-corrected chi connectivity index (χ3v) is 2.69. The molecular weight excluding hydrogens is 256 g/mol. The lowest BCUT2D eigenvalue weighted by atomic mass is 10.1. The van der Waals surface area contributed by atoms with Crippen molar-refractivity contribution in [3.63, 3.8) is 0 Å². The number of carbonyl (C=O) groups excluding carboxylic acids is 1. The SMILES string of the molecule is C=C(C(=O)Nc1ccccc1C(=O)O)c1cccnc1. The Morgan fingerprint density at radius 3 is 2.55 bits per heavy atom. The van der Waals surface area contributed by atoms with Crippen molar-refractivity contribution in [2.75, 3.05) is 5.32 Å². The third-order valence-electron chi connectivity index (χ3n) is 2.69. The van der Waals surface area contributed by atoms with Crippen molar-refractivity contribution < 1.29 is 14.7 Å². The van der Waals surface area contributed by atoms with Crippen LogP contribution in [0.2, 0.25) is 0 Å². The lowest BCUT2D eigenvalue weighted by Crippen LogP contribution is -2.15. The van der Waals surface area contributed by atoms with E-state index in [1.54, 1.807) is 30.5 Å². The quantitative estimate of drug-likeness (QED) is 0.835. The summed E-state index contributed by atoms with van der Waals surface area (Å²) in [4.78, 5) is 27.0. The molecule has 100 valence electrons. The fraction of sp³-hybridized carbons (Fsp3) is 0. The minimum Gasteiger partial charge on any atom is -0.478 e. The van der Waals surface area contributed by atoms with Gasteiger partial charge in [0.2, 0.25) is 0 Å². The van der Waals surface area contributed by atoms with E-state index in [9.17, 15) is 9.59 Å². The summed E-state index contributed by atoms with van der Waals surface area (Å²) < 4.78 is 0. The van der Waals surface area contributed by atoms with Crippen LogP contribution < -0.4 is 5.32 Å². The zero-order valence-corrected chi connectivity index (χ0v) is 10.5. The van der Waals surface area contributed by atoms with Crippen LogP contribution in [0.15, 0.2) is 55.4 Å². The van der Waals surface area contributed by atoms with E-state index in [4.69, 9.17) is 5.11 Å². The molecular formula is C15H12N2O3. The van der Waals surface area contributed by atoms with Crippen molar-refractivity contribution in [1.29, 1.82) is 0 Å². The number of carboxylic acid groups (broad SMARTS) is 1. The average Bonchev–Trinajstić information content (AvgIpc) is 2.47. The van der Waals surface area contributed by atoms with Crippen molar-refractivity contribution in [3.05, 3.63) is 66.5 Å². The van der Waals surface area contributed by atoms with Crippen LogP contribution in [-0.2, 0) is 4.79 Å². The van der Waals surface area contributed by atoms with E-state index in [0.29, 0.717) is 5.56 Å². The number of anilines is 1. The van der Waals surface area contributed by atoms with Gasteiger partial charge in [-0.05, 0) is 18.2 Å². The summed E-state index contributed by atoms with van der Waals surface area (Å²) in [6.45, 7) is 3.70. The van der Waals surface area contributed by atoms with Crippen LogP contribution in [0.1, 0.15) is 15.9 Å². The van der Waals surface area contributed by atoms with Gasteiger partial charge in [0, 0.05) is 23.5 Å². The lowest BCUT2D eigenvalue weighted by Gasteiger charge is -2.09. The van der Waals surface area contributed by atoms with Crippen molar-refractivity contribution >= 4 is 23.1 Å². The predicted molar refractivity (Wildman–Crippen MR) is 75.3 cm³/mol. The maximum absolute atomic E-state index is 12.1. The first-order valence-electron chi connectivity index (χ1n) is 5.82. The number of nitrogens with zero attached hydrogens (tertiary/aromatic N) is 1. The molecule has 0 bridgehead atoms. The number of hydrogen-bond donors (Lipinski definition) is 2. The molecule has 5 heteroatoms. The maximum Gasteiger partial charge on any atom is 0.337 e. The van der Waals surface area contributed by atoms with Crippen LogP contribution in [-0.4, -0.2) is 22.0 Å². The fourth-order valence-electron chi connectivity index (χ4n) is 1.65. The molecule has 0 aliphatic rings. The van der Waals surface area contributed by atoms with Crippen LogP contribution in [0.3, 0.4) is 0 Å². The van der Waals surface area contributed by atoms with Crippen LogP contribution >= 0.6 is 0 Å². The highest BCUT2D eigenvalue weighted by Crippen LogP contribution is 2.18. The highest BCUT2D eigenvalue weighted by molar-refractivity contribution is 6.25. The molecule has 0 radical (unpaired) electrons. The largest absolute Gasteiger partial charge is 0.478 e. The van der Waals surface area contributed by atoms with Gasteiger partial charge in [0.1, 0.15) is 0 Å². The Kier molecular flexibility index (Phi) is 3.91. The molecule has 1 aromatic carbocycles. The molecule has 0 spiro atoms. The minimum absolute atomic E-state index is 0.0276. The number of carboxylic acids is 1. The monoisotopic (exact) mass is 268 g/mol. The van der Waals surface area contributed by atoms with E-state index in [1.165, 1.54) is 18.3 Å².